The fourth-order valence-electron chi connectivity index (χ4n) is 3.11. The van der Waals surface area contributed by atoms with Crippen LogP contribution >= 0.6 is 0 Å². The quantitative estimate of drug-likeness (QED) is 0.793. The lowest BCUT2D eigenvalue weighted by Gasteiger charge is -2.22. The van der Waals surface area contributed by atoms with Gasteiger partial charge < -0.3 is 13.9 Å². The second kappa shape index (κ2) is 6.18. The Morgan fingerprint density at radius 1 is 1.25 bits per heavy atom. The number of β-amino-alcohol motifs (C(OH)–C–C–N with tert-alkyl or cyclic N) is 1. The van der Waals surface area contributed by atoms with E-state index in [0.29, 0.717) is 37.1 Å². The Kier molecular flexibility index (Phi) is 3.87. The molecule has 7 heteroatoms. The minimum Gasteiger partial charge on any atom is -0.459 e. The maximum absolute atomic E-state index is 13.5. The zero-order valence-corrected chi connectivity index (χ0v) is 12.8. The highest BCUT2D eigenvalue weighted by Gasteiger charge is 2.33. The van der Waals surface area contributed by atoms with Crippen LogP contribution in [0.15, 0.2) is 51.5 Å². The third kappa shape index (κ3) is 2.95. The van der Waals surface area contributed by atoms with Crippen LogP contribution in [0.25, 0.3) is 11.7 Å². The Morgan fingerprint density at radius 2 is 2.17 bits per heavy atom. The van der Waals surface area contributed by atoms with E-state index >= 15 is 0 Å². The molecule has 0 aliphatic carbocycles. The molecule has 6 nitrogen and oxygen atoms in total. The molecule has 0 bridgehead atoms. The van der Waals surface area contributed by atoms with Gasteiger partial charge in [-0.3, -0.25) is 4.90 Å². The van der Waals surface area contributed by atoms with Gasteiger partial charge in [0.2, 0.25) is 5.89 Å². The normalized spacial score (nSPS) is 21.4. The summed E-state index contributed by atoms with van der Waals surface area (Å²) in [4.78, 5) is 2.01. The van der Waals surface area contributed by atoms with Crippen molar-refractivity contribution in [2.75, 3.05) is 6.54 Å². The number of rotatable bonds is 4. The van der Waals surface area contributed by atoms with E-state index in [1.165, 1.54) is 18.4 Å². The van der Waals surface area contributed by atoms with E-state index in [1.807, 2.05) is 11.0 Å². The number of hydrogen-bond acceptors (Lipinski definition) is 6. The second-order valence-corrected chi connectivity index (χ2v) is 5.87. The van der Waals surface area contributed by atoms with Gasteiger partial charge in [0.25, 0.3) is 5.89 Å². The first-order chi connectivity index (χ1) is 11.7. The van der Waals surface area contributed by atoms with Crippen LogP contribution in [-0.4, -0.2) is 32.9 Å². The van der Waals surface area contributed by atoms with Crippen LogP contribution in [0.4, 0.5) is 4.39 Å². The average Bonchev–Trinajstić information content (AvgIpc) is 3.28. The van der Waals surface area contributed by atoms with Crippen LogP contribution in [0, 0.1) is 5.82 Å². The molecule has 3 aromatic rings. The van der Waals surface area contributed by atoms with Gasteiger partial charge in [-0.2, -0.15) is 0 Å². The molecular weight excluding hydrogens is 313 g/mol. The van der Waals surface area contributed by atoms with Crippen molar-refractivity contribution in [3.8, 4) is 11.7 Å². The summed E-state index contributed by atoms with van der Waals surface area (Å²) in [6, 6.07) is 9.85. The Morgan fingerprint density at radius 3 is 2.96 bits per heavy atom. The SMILES string of the molecule is O[C@H]1C[C@H](c2cccc(F)c2)N(Cc2nnc(-c3ccco3)o2)C1. The number of likely N-dealkylation sites (tertiary alicyclic amines) is 1. The molecule has 0 saturated carbocycles. The predicted molar refractivity (Wildman–Crippen MR) is 82.2 cm³/mol. The topological polar surface area (TPSA) is 75.5 Å². The van der Waals surface area contributed by atoms with Gasteiger partial charge in [-0.15, -0.1) is 10.2 Å². The Hall–Kier alpha value is -2.51. The first-order valence-corrected chi connectivity index (χ1v) is 7.73. The summed E-state index contributed by atoms with van der Waals surface area (Å²) in [5.74, 6) is 0.970. The van der Waals surface area contributed by atoms with Crippen LogP contribution in [0.5, 0.6) is 0 Å². The van der Waals surface area contributed by atoms with E-state index < -0.39 is 6.10 Å². The molecule has 0 radical (unpaired) electrons. The number of aliphatic hydroxyl groups is 1. The molecule has 0 spiro atoms. The van der Waals surface area contributed by atoms with Crippen molar-refractivity contribution in [3.63, 3.8) is 0 Å². The van der Waals surface area contributed by atoms with Crippen molar-refractivity contribution in [1.82, 2.24) is 15.1 Å². The van der Waals surface area contributed by atoms with Gasteiger partial charge in [0, 0.05) is 12.6 Å². The van der Waals surface area contributed by atoms with Crippen molar-refractivity contribution in [2.45, 2.75) is 25.1 Å². The summed E-state index contributed by atoms with van der Waals surface area (Å²) in [6.07, 6.45) is 1.62. The first kappa shape index (κ1) is 15.0. The number of aliphatic hydroxyl groups excluding tert-OH is 1. The molecule has 1 aliphatic rings. The predicted octanol–water partition coefficient (Wildman–Crippen LogP) is 2.78. The zero-order chi connectivity index (χ0) is 16.5. The van der Waals surface area contributed by atoms with Gasteiger partial charge in [0.15, 0.2) is 5.76 Å². The Bertz CT molecular complexity index is 818. The van der Waals surface area contributed by atoms with E-state index in [9.17, 15) is 9.50 Å². The molecule has 1 fully saturated rings. The molecule has 1 N–H and O–H groups in total. The molecular formula is C17H16FN3O3. The number of hydrogen-bond donors (Lipinski definition) is 1. The third-order valence-corrected chi connectivity index (χ3v) is 4.15. The Balaban J connectivity index is 1.54. The summed E-state index contributed by atoms with van der Waals surface area (Å²) in [6.45, 7) is 0.853. The minimum absolute atomic E-state index is 0.0883. The number of aromatic nitrogens is 2. The largest absolute Gasteiger partial charge is 0.459 e. The van der Waals surface area contributed by atoms with E-state index in [4.69, 9.17) is 8.83 Å². The molecule has 0 amide bonds. The molecule has 2 atom stereocenters. The lowest BCUT2D eigenvalue weighted by Crippen LogP contribution is -2.24. The summed E-state index contributed by atoms with van der Waals surface area (Å²) >= 11 is 0. The minimum atomic E-state index is -0.467. The van der Waals surface area contributed by atoms with Crippen LogP contribution < -0.4 is 0 Å². The summed E-state index contributed by atoms with van der Waals surface area (Å²) in [7, 11) is 0. The zero-order valence-electron chi connectivity index (χ0n) is 12.8. The van der Waals surface area contributed by atoms with E-state index in [0.717, 1.165) is 5.56 Å². The van der Waals surface area contributed by atoms with Crippen LogP contribution in [0.2, 0.25) is 0 Å². The maximum atomic E-state index is 13.5. The van der Waals surface area contributed by atoms with E-state index in [-0.39, 0.29) is 11.9 Å². The third-order valence-electron chi connectivity index (χ3n) is 4.15. The molecule has 24 heavy (non-hydrogen) atoms. The van der Waals surface area contributed by atoms with Crippen LogP contribution in [0.3, 0.4) is 0 Å². The van der Waals surface area contributed by atoms with Gasteiger partial charge in [-0.05, 0) is 36.2 Å². The summed E-state index contributed by atoms with van der Waals surface area (Å²) < 4.78 is 24.4. The Labute approximate surface area is 137 Å². The first-order valence-electron chi connectivity index (χ1n) is 7.73. The van der Waals surface area contributed by atoms with E-state index in [2.05, 4.69) is 10.2 Å². The van der Waals surface area contributed by atoms with E-state index in [1.54, 1.807) is 18.2 Å². The number of benzene rings is 1. The molecule has 1 aliphatic heterocycles. The number of nitrogens with zero attached hydrogens (tertiary/aromatic N) is 3. The van der Waals surface area contributed by atoms with Gasteiger partial charge >= 0.3 is 0 Å². The lowest BCUT2D eigenvalue weighted by molar-refractivity contribution is 0.167. The van der Waals surface area contributed by atoms with Gasteiger partial charge in [-0.1, -0.05) is 12.1 Å². The fraction of sp³-hybridized carbons (Fsp3) is 0.294. The van der Waals surface area contributed by atoms with Gasteiger partial charge in [0.05, 0.1) is 18.9 Å². The second-order valence-electron chi connectivity index (χ2n) is 5.87. The fourth-order valence-corrected chi connectivity index (χ4v) is 3.11. The van der Waals surface area contributed by atoms with Gasteiger partial charge in [-0.25, -0.2) is 4.39 Å². The molecule has 1 aromatic carbocycles. The monoisotopic (exact) mass is 329 g/mol. The van der Waals surface area contributed by atoms with Crippen molar-refractivity contribution in [3.05, 3.63) is 59.9 Å². The molecule has 124 valence electrons. The van der Waals surface area contributed by atoms with Gasteiger partial charge in [0.1, 0.15) is 5.82 Å². The summed E-state index contributed by atoms with van der Waals surface area (Å²) in [5, 5.41) is 18.0. The van der Waals surface area contributed by atoms with Crippen LogP contribution in [0.1, 0.15) is 23.9 Å². The molecule has 2 aromatic heterocycles. The van der Waals surface area contributed by atoms with Crippen molar-refractivity contribution in [1.29, 1.82) is 0 Å². The molecule has 4 rings (SSSR count). The maximum Gasteiger partial charge on any atom is 0.283 e. The summed E-state index contributed by atoms with van der Waals surface area (Å²) in [5.41, 5.74) is 0.831. The van der Waals surface area contributed by atoms with Crippen molar-refractivity contribution in [2.24, 2.45) is 0 Å². The molecule has 1 saturated heterocycles. The molecule has 0 unspecified atom stereocenters. The number of furan rings is 1. The standard InChI is InChI=1S/C17H16FN3O3/c18-12-4-1-3-11(7-12)14-8-13(22)9-21(14)10-16-19-20-17(24-16)15-5-2-6-23-15/h1-7,13-14,22H,8-10H2/t13-,14+/m0/s1. The van der Waals surface area contributed by atoms with Crippen molar-refractivity contribution >= 4 is 0 Å². The molecule has 3 heterocycles. The van der Waals surface area contributed by atoms with Crippen molar-refractivity contribution < 1.29 is 18.3 Å². The highest BCUT2D eigenvalue weighted by atomic mass is 19.1. The van der Waals surface area contributed by atoms with Crippen LogP contribution in [-0.2, 0) is 6.54 Å². The lowest BCUT2D eigenvalue weighted by atomic mass is 10.0. The average molecular weight is 329 g/mol. The smallest absolute Gasteiger partial charge is 0.283 e. The highest BCUT2D eigenvalue weighted by molar-refractivity contribution is 5.42. The highest BCUT2D eigenvalue weighted by Crippen LogP contribution is 2.33. The number of halogens is 1.